The number of thiophene rings is 1. The topological polar surface area (TPSA) is 75.9 Å². The van der Waals surface area contributed by atoms with Crippen molar-refractivity contribution in [2.45, 2.75) is 32.2 Å². The predicted octanol–water partition coefficient (Wildman–Crippen LogP) is 2.39. The van der Waals surface area contributed by atoms with Gasteiger partial charge >= 0.3 is 0 Å². The standard InChI is InChI=1S/C18H22N6OS/c1-3-13-9-14-16(19-11-20-18(14)26-13)24-8-4-5-12(10-24)22-17(25)15-6-7-21-23(15)2/h6-7,9,11-12H,3-5,8,10H2,1-2H3,(H,22,25). The fourth-order valence-corrected chi connectivity index (χ4v) is 4.39. The Balaban J connectivity index is 1.53. The highest BCUT2D eigenvalue weighted by atomic mass is 32.1. The summed E-state index contributed by atoms with van der Waals surface area (Å²) >= 11 is 1.73. The highest BCUT2D eigenvalue weighted by molar-refractivity contribution is 7.18. The minimum absolute atomic E-state index is 0.0755. The first-order valence-electron chi connectivity index (χ1n) is 8.93. The number of carbonyl (C=O) groups is 1. The average molecular weight is 370 g/mol. The van der Waals surface area contributed by atoms with Crippen LogP contribution in [-0.2, 0) is 13.5 Å². The summed E-state index contributed by atoms with van der Waals surface area (Å²) in [5.74, 6) is 0.902. The molecule has 26 heavy (non-hydrogen) atoms. The van der Waals surface area contributed by atoms with E-state index in [9.17, 15) is 4.79 Å². The van der Waals surface area contributed by atoms with E-state index in [1.807, 2.05) is 0 Å². The van der Waals surface area contributed by atoms with Crippen molar-refractivity contribution in [1.29, 1.82) is 0 Å². The van der Waals surface area contributed by atoms with Crippen LogP contribution in [0.25, 0.3) is 10.2 Å². The molecule has 0 aromatic carbocycles. The minimum Gasteiger partial charge on any atom is -0.354 e. The Labute approximate surface area is 156 Å². The van der Waals surface area contributed by atoms with Crippen LogP contribution >= 0.6 is 11.3 Å². The van der Waals surface area contributed by atoms with Crippen molar-refractivity contribution in [3.05, 3.63) is 35.2 Å². The highest BCUT2D eigenvalue weighted by Crippen LogP contribution is 2.31. The van der Waals surface area contributed by atoms with E-state index in [0.717, 1.165) is 48.4 Å². The molecule has 1 N–H and O–H groups in total. The number of rotatable bonds is 4. The van der Waals surface area contributed by atoms with Crippen LogP contribution in [0.2, 0.25) is 0 Å². The molecule has 136 valence electrons. The maximum absolute atomic E-state index is 12.5. The monoisotopic (exact) mass is 370 g/mol. The summed E-state index contributed by atoms with van der Waals surface area (Å²) in [6.07, 6.45) is 6.28. The third-order valence-corrected chi connectivity index (χ3v) is 6.00. The van der Waals surface area contributed by atoms with Crippen LogP contribution in [0.5, 0.6) is 0 Å². The summed E-state index contributed by atoms with van der Waals surface area (Å²) in [5.41, 5.74) is 0.581. The molecule has 4 heterocycles. The Morgan fingerprint density at radius 3 is 3.08 bits per heavy atom. The average Bonchev–Trinajstić information content (AvgIpc) is 3.27. The number of nitrogens with zero attached hydrogens (tertiary/aromatic N) is 5. The molecule has 7 nitrogen and oxygen atoms in total. The van der Waals surface area contributed by atoms with E-state index >= 15 is 0 Å². The lowest BCUT2D eigenvalue weighted by molar-refractivity contribution is 0.0923. The summed E-state index contributed by atoms with van der Waals surface area (Å²) in [6, 6.07) is 4.04. The number of piperidine rings is 1. The molecule has 1 saturated heterocycles. The van der Waals surface area contributed by atoms with Gasteiger partial charge in [-0.2, -0.15) is 5.10 Å². The van der Waals surface area contributed by atoms with E-state index in [1.54, 1.807) is 41.7 Å². The Hall–Kier alpha value is -2.48. The van der Waals surface area contributed by atoms with Crippen LogP contribution in [0, 0.1) is 0 Å². The smallest absolute Gasteiger partial charge is 0.269 e. The number of aryl methyl sites for hydroxylation is 2. The second-order valence-electron chi connectivity index (χ2n) is 6.58. The molecule has 0 saturated carbocycles. The van der Waals surface area contributed by atoms with Crippen LogP contribution in [-0.4, -0.2) is 44.8 Å². The molecular formula is C18H22N6OS. The SMILES string of the molecule is CCc1cc2c(N3CCCC(NC(=O)c4ccnn4C)C3)ncnc2s1. The number of hydrogen-bond donors (Lipinski definition) is 1. The number of anilines is 1. The second kappa shape index (κ2) is 7.03. The van der Waals surface area contributed by atoms with Crippen molar-refractivity contribution < 1.29 is 4.79 Å². The van der Waals surface area contributed by atoms with Gasteiger partial charge in [0.25, 0.3) is 5.91 Å². The Kier molecular flexibility index (Phi) is 4.58. The Bertz CT molecular complexity index is 933. The molecule has 1 aliphatic rings. The number of amides is 1. The first-order chi connectivity index (χ1) is 12.7. The largest absolute Gasteiger partial charge is 0.354 e. The van der Waals surface area contributed by atoms with Gasteiger partial charge in [-0.15, -0.1) is 11.3 Å². The molecule has 0 bridgehead atoms. The first-order valence-corrected chi connectivity index (χ1v) is 9.74. The van der Waals surface area contributed by atoms with E-state index in [-0.39, 0.29) is 11.9 Å². The summed E-state index contributed by atoms with van der Waals surface area (Å²) < 4.78 is 1.60. The molecule has 8 heteroatoms. The molecule has 1 amide bonds. The summed E-state index contributed by atoms with van der Waals surface area (Å²) in [5, 5.41) is 8.33. The number of fused-ring (bicyclic) bond motifs is 1. The number of hydrogen-bond acceptors (Lipinski definition) is 6. The summed E-state index contributed by atoms with van der Waals surface area (Å²) in [4.78, 5) is 26.1. The van der Waals surface area contributed by atoms with Gasteiger partial charge in [0.1, 0.15) is 22.7 Å². The van der Waals surface area contributed by atoms with Gasteiger partial charge < -0.3 is 10.2 Å². The minimum atomic E-state index is -0.0755. The van der Waals surface area contributed by atoms with Crippen molar-refractivity contribution >= 4 is 33.3 Å². The van der Waals surface area contributed by atoms with Crippen LogP contribution < -0.4 is 10.2 Å². The van der Waals surface area contributed by atoms with Gasteiger partial charge in [-0.25, -0.2) is 9.97 Å². The van der Waals surface area contributed by atoms with Gasteiger partial charge in [0.15, 0.2) is 0 Å². The highest BCUT2D eigenvalue weighted by Gasteiger charge is 2.25. The molecule has 1 unspecified atom stereocenters. The van der Waals surface area contributed by atoms with Gasteiger partial charge in [-0.05, 0) is 31.4 Å². The van der Waals surface area contributed by atoms with E-state index in [0.29, 0.717) is 5.69 Å². The lowest BCUT2D eigenvalue weighted by Crippen LogP contribution is -2.48. The van der Waals surface area contributed by atoms with Gasteiger partial charge in [-0.1, -0.05) is 6.92 Å². The van der Waals surface area contributed by atoms with Crippen LogP contribution in [0.3, 0.4) is 0 Å². The third kappa shape index (κ3) is 3.16. The maximum atomic E-state index is 12.5. The van der Waals surface area contributed by atoms with Crippen LogP contribution in [0.15, 0.2) is 24.7 Å². The lowest BCUT2D eigenvalue weighted by Gasteiger charge is -2.34. The van der Waals surface area contributed by atoms with Crippen molar-refractivity contribution in [3.8, 4) is 0 Å². The number of carbonyl (C=O) groups excluding carboxylic acids is 1. The lowest BCUT2D eigenvalue weighted by atomic mass is 10.1. The predicted molar refractivity (Wildman–Crippen MR) is 103 cm³/mol. The second-order valence-corrected chi connectivity index (χ2v) is 7.70. The van der Waals surface area contributed by atoms with Gasteiger partial charge in [0.05, 0.1) is 5.39 Å². The molecule has 1 atom stereocenters. The fourth-order valence-electron chi connectivity index (χ4n) is 3.46. The normalized spacial score (nSPS) is 17.6. The summed E-state index contributed by atoms with van der Waals surface area (Å²) in [6.45, 7) is 3.86. The first kappa shape index (κ1) is 17.0. The van der Waals surface area contributed by atoms with Crippen molar-refractivity contribution in [3.63, 3.8) is 0 Å². The van der Waals surface area contributed by atoms with Crippen molar-refractivity contribution in [2.24, 2.45) is 7.05 Å². The molecule has 3 aromatic heterocycles. The Morgan fingerprint density at radius 2 is 2.31 bits per heavy atom. The van der Waals surface area contributed by atoms with E-state index < -0.39 is 0 Å². The molecule has 1 aliphatic heterocycles. The molecule has 0 radical (unpaired) electrons. The number of nitrogens with one attached hydrogen (secondary N) is 1. The van der Waals surface area contributed by atoms with Crippen molar-refractivity contribution in [1.82, 2.24) is 25.1 Å². The molecule has 0 aliphatic carbocycles. The van der Waals surface area contributed by atoms with Crippen molar-refractivity contribution in [2.75, 3.05) is 18.0 Å². The molecule has 4 rings (SSSR count). The van der Waals surface area contributed by atoms with E-state index in [4.69, 9.17) is 0 Å². The van der Waals surface area contributed by atoms with Crippen LogP contribution in [0.4, 0.5) is 5.82 Å². The number of aromatic nitrogens is 4. The third-order valence-electron chi connectivity index (χ3n) is 4.82. The zero-order valence-electron chi connectivity index (χ0n) is 15.0. The molecular weight excluding hydrogens is 348 g/mol. The maximum Gasteiger partial charge on any atom is 0.269 e. The fraction of sp³-hybridized carbons (Fsp3) is 0.444. The zero-order chi connectivity index (χ0) is 18.1. The van der Waals surface area contributed by atoms with Gasteiger partial charge in [0, 0.05) is 37.3 Å². The quantitative estimate of drug-likeness (QED) is 0.763. The van der Waals surface area contributed by atoms with Gasteiger partial charge in [0.2, 0.25) is 0 Å². The molecule has 3 aromatic rings. The zero-order valence-corrected chi connectivity index (χ0v) is 15.8. The van der Waals surface area contributed by atoms with Crippen LogP contribution in [0.1, 0.15) is 35.1 Å². The van der Waals surface area contributed by atoms with E-state index in [1.165, 1.54) is 4.88 Å². The summed E-state index contributed by atoms with van der Waals surface area (Å²) in [7, 11) is 1.78. The molecule has 1 fully saturated rings. The van der Waals surface area contributed by atoms with Gasteiger partial charge in [-0.3, -0.25) is 9.48 Å². The molecule has 0 spiro atoms. The van der Waals surface area contributed by atoms with E-state index in [2.05, 4.69) is 38.3 Å². The Morgan fingerprint density at radius 1 is 1.42 bits per heavy atom.